The van der Waals surface area contributed by atoms with Gasteiger partial charge in [-0.2, -0.15) is 0 Å². The average molecular weight is 255 g/mol. The fourth-order valence-corrected chi connectivity index (χ4v) is 2.06. The lowest BCUT2D eigenvalue weighted by Crippen LogP contribution is -1.93. The molecule has 0 saturated carbocycles. The summed E-state index contributed by atoms with van der Waals surface area (Å²) >= 11 is 0. The lowest BCUT2D eigenvalue weighted by Gasteiger charge is -2.10. The third-order valence-electron chi connectivity index (χ3n) is 2.99. The molecule has 3 aromatic carbocycles. The van der Waals surface area contributed by atoms with E-state index in [0.29, 0.717) is 5.69 Å². The molecule has 0 atom stereocenters. The Kier molecular flexibility index (Phi) is 2.88. The highest BCUT2D eigenvalue weighted by Gasteiger charge is 2.04. The van der Waals surface area contributed by atoms with Gasteiger partial charge in [-0.25, -0.2) is 8.78 Å². The van der Waals surface area contributed by atoms with E-state index in [4.69, 9.17) is 0 Å². The summed E-state index contributed by atoms with van der Waals surface area (Å²) in [6.45, 7) is 0. The molecule has 0 radical (unpaired) electrons. The molecular formula is C16H11F2N. The molecule has 1 N–H and O–H groups in total. The molecule has 0 spiro atoms. The molecule has 0 heterocycles. The Morgan fingerprint density at radius 1 is 0.737 bits per heavy atom. The summed E-state index contributed by atoms with van der Waals surface area (Å²) in [7, 11) is 0. The van der Waals surface area contributed by atoms with E-state index >= 15 is 0 Å². The number of nitrogens with one attached hydrogen (secondary N) is 1. The summed E-state index contributed by atoms with van der Waals surface area (Å²) < 4.78 is 26.1. The molecule has 3 heteroatoms. The van der Waals surface area contributed by atoms with Crippen LogP contribution < -0.4 is 5.32 Å². The van der Waals surface area contributed by atoms with E-state index in [1.54, 1.807) is 0 Å². The maximum absolute atomic E-state index is 13.2. The minimum atomic E-state index is -0.856. The minimum absolute atomic E-state index is 0.523. The first-order valence-electron chi connectivity index (χ1n) is 5.94. The molecule has 3 rings (SSSR count). The molecule has 0 fully saturated rings. The summed E-state index contributed by atoms with van der Waals surface area (Å²) in [6, 6.07) is 17.5. The van der Waals surface area contributed by atoms with Crippen molar-refractivity contribution in [2.75, 3.05) is 5.32 Å². The Labute approximate surface area is 109 Å². The van der Waals surface area contributed by atoms with Crippen molar-refractivity contribution in [3.8, 4) is 0 Å². The fourth-order valence-electron chi connectivity index (χ4n) is 2.06. The molecule has 0 amide bonds. The van der Waals surface area contributed by atoms with E-state index in [-0.39, 0.29) is 0 Å². The van der Waals surface area contributed by atoms with Gasteiger partial charge in [-0.15, -0.1) is 0 Å². The largest absolute Gasteiger partial charge is 0.355 e. The summed E-state index contributed by atoms with van der Waals surface area (Å²) in [4.78, 5) is 0. The first kappa shape index (κ1) is 11.7. The molecule has 0 saturated heterocycles. The second kappa shape index (κ2) is 4.69. The molecule has 19 heavy (non-hydrogen) atoms. The molecule has 3 aromatic rings. The molecule has 0 bridgehead atoms. The molecule has 0 unspecified atom stereocenters. The summed E-state index contributed by atoms with van der Waals surface area (Å²) in [5.41, 5.74) is 1.39. The van der Waals surface area contributed by atoms with Gasteiger partial charge in [-0.3, -0.25) is 0 Å². The van der Waals surface area contributed by atoms with Crippen LogP contribution in [-0.2, 0) is 0 Å². The molecule has 1 nitrogen and oxygen atoms in total. The van der Waals surface area contributed by atoms with Gasteiger partial charge in [0.2, 0.25) is 0 Å². The van der Waals surface area contributed by atoms with E-state index in [1.165, 1.54) is 6.07 Å². The summed E-state index contributed by atoms with van der Waals surface area (Å²) in [6.07, 6.45) is 0. The van der Waals surface area contributed by atoms with Crippen LogP contribution in [0.25, 0.3) is 10.8 Å². The third kappa shape index (κ3) is 2.27. The van der Waals surface area contributed by atoms with E-state index in [9.17, 15) is 8.78 Å². The van der Waals surface area contributed by atoms with Gasteiger partial charge in [0.05, 0.1) is 0 Å². The number of hydrogen-bond donors (Lipinski definition) is 1. The number of hydrogen-bond acceptors (Lipinski definition) is 1. The SMILES string of the molecule is Fc1ccc(Nc2cccc3ccccc23)cc1F. The van der Waals surface area contributed by atoms with Crippen molar-refractivity contribution in [1.29, 1.82) is 0 Å². The van der Waals surface area contributed by atoms with Crippen LogP contribution in [0.5, 0.6) is 0 Å². The Bertz CT molecular complexity index is 732. The Balaban J connectivity index is 2.03. The van der Waals surface area contributed by atoms with Crippen molar-refractivity contribution in [2.45, 2.75) is 0 Å². The highest BCUT2D eigenvalue weighted by molar-refractivity contribution is 5.95. The van der Waals surface area contributed by atoms with Crippen molar-refractivity contribution in [3.63, 3.8) is 0 Å². The first-order valence-corrected chi connectivity index (χ1v) is 5.94. The average Bonchev–Trinajstić information content (AvgIpc) is 2.43. The van der Waals surface area contributed by atoms with E-state index < -0.39 is 11.6 Å². The highest BCUT2D eigenvalue weighted by Crippen LogP contribution is 2.26. The van der Waals surface area contributed by atoms with Crippen LogP contribution in [0.1, 0.15) is 0 Å². The van der Waals surface area contributed by atoms with E-state index in [0.717, 1.165) is 28.6 Å². The summed E-state index contributed by atoms with van der Waals surface area (Å²) in [5.74, 6) is -1.70. The van der Waals surface area contributed by atoms with Gasteiger partial charge < -0.3 is 5.32 Å². The van der Waals surface area contributed by atoms with Gasteiger partial charge in [0, 0.05) is 22.8 Å². The molecule has 0 aliphatic heterocycles. The number of anilines is 2. The van der Waals surface area contributed by atoms with Crippen molar-refractivity contribution < 1.29 is 8.78 Å². The van der Waals surface area contributed by atoms with Gasteiger partial charge in [0.15, 0.2) is 11.6 Å². The van der Waals surface area contributed by atoms with Crippen molar-refractivity contribution >= 4 is 22.1 Å². The number of fused-ring (bicyclic) bond motifs is 1. The first-order chi connectivity index (χ1) is 9.24. The second-order valence-corrected chi connectivity index (χ2v) is 4.28. The standard InChI is InChI=1S/C16H11F2N/c17-14-9-8-12(10-15(14)18)19-16-7-3-5-11-4-1-2-6-13(11)16/h1-10,19H. The predicted octanol–water partition coefficient (Wildman–Crippen LogP) is 4.86. The van der Waals surface area contributed by atoms with Crippen LogP contribution in [0.3, 0.4) is 0 Å². The van der Waals surface area contributed by atoms with Crippen LogP contribution in [-0.4, -0.2) is 0 Å². The molecule has 94 valence electrons. The maximum atomic E-state index is 13.2. The second-order valence-electron chi connectivity index (χ2n) is 4.28. The Morgan fingerprint density at radius 3 is 2.37 bits per heavy atom. The normalized spacial score (nSPS) is 10.6. The highest BCUT2D eigenvalue weighted by atomic mass is 19.2. The minimum Gasteiger partial charge on any atom is -0.355 e. The third-order valence-corrected chi connectivity index (χ3v) is 2.99. The van der Waals surface area contributed by atoms with Gasteiger partial charge in [-0.05, 0) is 23.6 Å². The van der Waals surface area contributed by atoms with Gasteiger partial charge >= 0.3 is 0 Å². The lowest BCUT2D eigenvalue weighted by atomic mass is 10.1. The molecule has 0 aliphatic rings. The molecular weight excluding hydrogens is 244 g/mol. The van der Waals surface area contributed by atoms with Gasteiger partial charge in [-0.1, -0.05) is 36.4 Å². The molecule has 0 aromatic heterocycles. The monoisotopic (exact) mass is 255 g/mol. The number of halogens is 2. The smallest absolute Gasteiger partial charge is 0.160 e. The van der Waals surface area contributed by atoms with Crippen molar-refractivity contribution in [2.24, 2.45) is 0 Å². The van der Waals surface area contributed by atoms with Crippen LogP contribution in [0.15, 0.2) is 60.7 Å². The van der Waals surface area contributed by atoms with Gasteiger partial charge in [0.1, 0.15) is 0 Å². The van der Waals surface area contributed by atoms with E-state index in [2.05, 4.69) is 5.32 Å². The van der Waals surface area contributed by atoms with Crippen LogP contribution in [0, 0.1) is 11.6 Å². The van der Waals surface area contributed by atoms with Crippen LogP contribution in [0.4, 0.5) is 20.2 Å². The number of benzene rings is 3. The van der Waals surface area contributed by atoms with E-state index in [1.807, 2.05) is 42.5 Å². The Morgan fingerprint density at radius 2 is 1.53 bits per heavy atom. The van der Waals surface area contributed by atoms with Gasteiger partial charge in [0.25, 0.3) is 0 Å². The predicted molar refractivity (Wildman–Crippen MR) is 73.6 cm³/mol. The summed E-state index contributed by atoms with van der Waals surface area (Å²) in [5, 5.41) is 5.24. The van der Waals surface area contributed by atoms with Crippen molar-refractivity contribution in [3.05, 3.63) is 72.3 Å². The zero-order chi connectivity index (χ0) is 13.2. The zero-order valence-electron chi connectivity index (χ0n) is 10.0. The number of rotatable bonds is 2. The van der Waals surface area contributed by atoms with Crippen LogP contribution in [0.2, 0.25) is 0 Å². The Hall–Kier alpha value is -2.42. The zero-order valence-corrected chi connectivity index (χ0v) is 10.0. The molecule has 0 aliphatic carbocycles. The van der Waals surface area contributed by atoms with Crippen molar-refractivity contribution in [1.82, 2.24) is 0 Å². The van der Waals surface area contributed by atoms with Crippen LogP contribution >= 0.6 is 0 Å². The fraction of sp³-hybridized carbons (Fsp3) is 0. The topological polar surface area (TPSA) is 12.0 Å². The quantitative estimate of drug-likeness (QED) is 0.689. The maximum Gasteiger partial charge on any atom is 0.160 e. The lowest BCUT2D eigenvalue weighted by molar-refractivity contribution is 0.509.